The van der Waals surface area contributed by atoms with Crippen molar-refractivity contribution < 1.29 is 9.05 Å². The first-order valence-corrected chi connectivity index (χ1v) is 4.51. The molecule has 0 bridgehead atoms. The summed E-state index contributed by atoms with van der Waals surface area (Å²) in [5.74, 6) is 3.33. The van der Waals surface area contributed by atoms with Crippen molar-refractivity contribution in [2.75, 3.05) is 0 Å². The van der Waals surface area contributed by atoms with E-state index in [1.54, 1.807) is 5.82 Å². The highest BCUT2D eigenvalue weighted by molar-refractivity contribution is 7.51. The van der Waals surface area contributed by atoms with Crippen molar-refractivity contribution in [3.8, 4) is 11.5 Å². The maximum absolute atomic E-state index is 5.38. The first-order chi connectivity index (χ1) is 5.40. The lowest BCUT2D eigenvalue weighted by Crippen LogP contribution is -1.77. The van der Waals surface area contributed by atoms with Crippen LogP contribution in [0.5, 0.6) is 11.5 Å². The van der Waals surface area contributed by atoms with Crippen molar-refractivity contribution >= 4 is 8.38 Å². The Labute approximate surface area is 66.4 Å². The second-order valence-electron chi connectivity index (χ2n) is 2.10. The van der Waals surface area contributed by atoms with Crippen LogP contribution >= 0.6 is 8.38 Å². The van der Waals surface area contributed by atoms with E-state index in [9.17, 15) is 0 Å². The molecule has 1 aromatic rings. The van der Waals surface area contributed by atoms with Crippen LogP contribution in [-0.4, -0.2) is 0 Å². The highest BCUT2D eigenvalue weighted by atomic mass is 31.2. The predicted octanol–water partition coefficient (Wildman–Crippen LogP) is 2.91. The lowest BCUT2D eigenvalue weighted by Gasteiger charge is -1.98. The molecule has 0 spiro atoms. The molecule has 0 saturated carbocycles. The molecule has 0 aliphatic carbocycles. The van der Waals surface area contributed by atoms with Crippen LogP contribution in [0.2, 0.25) is 0 Å². The molecule has 0 fully saturated rings. The minimum absolute atomic E-state index is 0.818. The number of benzene rings is 1. The van der Waals surface area contributed by atoms with E-state index in [0.717, 1.165) is 11.5 Å². The van der Waals surface area contributed by atoms with Crippen LogP contribution < -0.4 is 9.05 Å². The molecule has 1 aromatic carbocycles. The van der Waals surface area contributed by atoms with E-state index >= 15 is 0 Å². The van der Waals surface area contributed by atoms with Crippen LogP contribution in [0.1, 0.15) is 0 Å². The molecule has 2 nitrogen and oxygen atoms in total. The van der Waals surface area contributed by atoms with Crippen LogP contribution in [0.25, 0.3) is 0 Å². The number of rotatable bonds is 1. The number of para-hydroxylation sites is 2. The Balaban J connectivity index is 2.33. The molecular weight excluding hydrogens is 159 g/mol. The van der Waals surface area contributed by atoms with E-state index in [1.165, 1.54) is 0 Å². The third-order valence-electron chi connectivity index (χ3n) is 1.37. The summed E-state index contributed by atoms with van der Waals surface area (Å²) in [6.07, 6.45) is 0. The summed E-state index contributed by atoms with van der Waals surface area (Å²) in [5, 5.41) is 0. The van der Waals surface area contributed by atoms with Crippen molar-refractivity contribution in [1.29, 1.82) is 0 Å². The first kappa shape index (κ1) is 6.68. The molecule has 1 aliphatic heterocycles. The summed E-state index contributed by atoms with van der Waals surface area (Å²) in [6, 6.07) is 7.62. The van der Waals surface area contributed by atoms with Gasteiger partial charge in [-0.3, -0.25) is 0 Å². The lowest BCUT2D eigenvalue weighted by molar-refractivity contribution is 0.587. The van der Waals surface area contributed by atoms with E-state index in [1.807, 2.05) is 24.3 Å². The van der Waals surface area contributed by atoms with Gasteiger partial charge in [-0.15, -0.1) is 0 Å². The average Bonchev–Trinajstić information content (AvgIpc) is 2.46. The van der Waals surface area contributed by atoms with Crippen LogP contribution in [0.4, 0.5) is 0 Å². The minimum atomic E-state index is -0.906. The lowest BCUT2D eigenvalue weighted by atomic mass is 10.3. The van der Waals surface area contributed by atoms with Gasteiger partial charge in [-0.1, -0.05) is 18.7 Å². The van der Waals surface area contributed by atoms with Crippen molar-refractivity contribution in [3.05, 3.63) is 36.7 Å². The van der Waals surface area contributed by atoms with E-state index in [4.69, 9.17) is 9.05 Å². The molecule has 2 rings (SSSR count). The standard InChI is InChI=1S/C8H7O2P/c1-2-11-9-7-5-3-4-6-8(7)10-11/h2-6H,1H2. The number of fused-ring (bicyclic) bond motifs is 1. The summed E-state index contributed by atoms with van der Waals surface area (Å²) in [6.45, 7) is 3.60. The quantitative estimate of drug-likeness (QED) is 0.597. The fraction of sp³-hybridized carbons (Fsp3) is 0. The van der Waals surface area contributed by atoms with Gasteiger partial charge in [-0.05, 0) is 12.1 Å². The monoisotopic (exact) mass is 166 g/mol. The molecule has 1 heterocycles. The van der Waals surface area contributed by atoms with Gasteiger partial charge in [0.25, 0.3) is 0 Å². The van der Waals surface area contributed by atoms with Gasteiger partial charge in [0.05, 0.1) is 0 Å². The van der Waals surface area contributed by atoms with Gasteiger partial charge in [0.1, 0.15) is 0 Å². The molecule has 0 N–H and O–H groups in total. The molecule has 0 amide bonds. The van der Waals surface area contributed by atoms with Gasteiger partial charge in [0, 0.05) is 5.82 Å². The number of hydrogen-bond acceptors (Lipinski definition) is 2. The zero-order valence-corrected chi connectivity index (χ0v) is 6.75. The molecule has 11 heavy (non-hydrogen) atoms. The zero-order chi connectivity index (χ0) is 7.68. The molecular formula is C8H7O2P. The summed E-state index contributed by atoms with van der Waals surface area (Å²) in [7, 11) is -0.906. The second kappa shape index (κ2) is 2.55. The summed E-state index contributed by atoms with van der Waals surface area (Å²) >= 11 is 0. The molecule has 56 valence electrons. The van der Waals surface area contributed by atoms with E-state index < -0.39 is 8.38 Å². The van der Waals surface area contributed by atoms with E-state index in [2.05, 4.69) is 6.58 Å². The molecule has 0 atom stereocenters. The van der Waals surface area contributed by atoms with Gasteiger partial charge in [0.2, 0.25) is 0 Å². The Hall–Kier alpha value is -1.01. The van der Waals surface area contributed by atoms with Gasteiger partial charge in [-0.2, -0.15) is 0 Å². The fourth-order valence-electron chi connectivity index (χ4n) is 0.888. The maximum Gasteiger partial charge on any atom is 0.317 e. The summed E-state index contributed by atoms with van der Waals surface area (Å²) in [4.78, 5) is 0. The van der Waals surface area contributed by atoms with E-state index in [-0.39, 0.29) is 0 Å². The van der Waals surface area contributed by atoms with Crippen LogP contribution in [0, 0.1) is 0 Å². The average molecular weight is 166 g/mol. The van der Waals surface area contributed by atoms with Gasteiger partial charge < -0.3 is 9.05 Å². The molecule has 0 aromatic heterocycles. The van der Waals surface area contributed by atoms with Crippen molar-refractivity contribution in [2.24, 2.45) is 0 Å². The zero-order valence-electron chi connectivity index (χ0n) is 5.86. The topological polar surface area (TPSA) is 18.5 Å². The summed E-state index contributed by atoms with van der Waals surface area (Å²) in [5.41, 5.74) is 0. The van der Waals surface area contributed by atoms with Gasteiger partial charge in [-0.25, -0.2) is 0 Å². The molecule has 0 unspecified atom stereocenters. The Kier molecular flexibility index (Phi) is 1.55. The highest BCUT2D eigenvalue weighted by Gasteiger charge is 2.21. The smallest absolute Gasteiger partial charge is 0.317 e. The van der Waals surface area contributed by atoms with Crippen LogP contribution in [-0.2, 0) is 0 Å². The highest BCUT2D eigenvalue weighted by Crippen LogP contribution is 2.52. The van der Waals surface area contributed by atoms with Gasteiger partial charge in [0.15, 0.2) is 11.5 Å². The van der Waals surface area contributed by atoms with Crippen molar-refractivity contribution in [2.45, 2.75) is 0 Å². The molecule has 3 heteroatoms. The first-order valence-electron chi connectivity index (χ1n) is 3.27. The Morgan fingerprint density at radius 1 is 1.18 bits per heavy atom. The Bertz CT molecular complexity index is 260. The number of hydrogen-bond donors (Lipinski definition) is 0. The third-order valence-corrected chi connectivity index (χ3v) is 2.43. The second-order valence-corrected chi connectivity index (χ2v) is 3.40. The van der Waals surface area contributed by atoms with Gasteiger partial charge >= 0.3 is 8.38 Å². The van der Waals surface area contributed by atoms with Crippen LogP contribution in [0.15, 0.2) is 36.7 Å². The van der Waals surface area contributed by atoms with Crippen molar-refractivity contribution in [3.63, 3.8) is 0 Å². The normalized spacial score (nSPS) is 14.9. The predicted molar refractivity (Wildman–Crippen MR) is 44.8 cm³/mol. The SMILES string of the molecule is C=CP1Oc2ccccc2O1. The largest absolute Gasteiger partial charge is 0.432 e. The Morgan fingerprint density at radius 3 is 2.18 bits per heavy atom. The molecule has 1 aliphatic rings. The van der Waals surface area contributed by atoms with E-state index in [0.29, 0.717) is 0 Å². The maximum atomic E-state index is 5.38. The van der Waals surface area contributed by atoms with Crippen molar-refractivity contribution in [1.82, 2.24) is 0 Å². The Morgan fingerprint density at radius 2 is 1.73 bits per heavy atom. The fourth-order valence-corrected chi connectivity index (χ4v) is 1.76. The third kappa shape index (κ3) is 1.10. The molecule has 0 saturated heterocycles. The van der Waals surface area contributed by atoms with Crippen LogP contribution in [0.3, 0.4) is 0 Å². The summed E-state index contributed by atoms with van der Waals surface area (Å²) < 4.78 is 10.8. The molecule has 0 radical (unpaired) electrons. The minimum Gasteiger partial charge on any atom is -0.432 e.